The maximum atomic E-state index is 13.3. The Morgan fingerprint density at radius 2 is 2.08 bits per heavy atom. The summed E-state index contributed by atoms with van der Waals surface area (Å²) >= 11 is 5.82. The molecule has 1 aromatic carbocycles. The van der Waals surface area contributed by atoms with Crippen molar-refractivity contribution in [2.75, 3.05) is 39.8 Å². The fourth-order valence-electron chi connectivity index (χ4n) is 2.58. The van der Waals surface area contributed by atoms with Gasteiger partial charge in [0, 0.05) is 37.7 Å². The third kappa shape index (κ3) is 4.75. The number of rotatable bonds is 5. The van der Waals surface area contributed by atoms with E-state index in [1.807, 2.05) is 0 Å². The van der Waals surface area contributed by atoms with Gasteiger partial charge in [0.05, 0.1) is 12.7 Å². The Kier molecular flexibility index (Phi) is 6.31. The smallest absolute Gasteiger partial charge is 0.405 e. The lowest BCUT2D eigenvalue weighted by molar-refractivity contribution is -0.183. The van der Waals surface area contributed by atoms with Gasteiger partial charge < -0.3 is 15.4 Å². The van der Waals surface area contributed by atoms with Gasteiger partial charge in [-0.05, 0) is 18.2 Å². The van der Waals surface area contributed by atoms with E-state index in [4.69, 9.17) is 16.3 Å². The Hall–Kier alpha value is -1.51. The van der Waals surface area contributed by atoms with Gasteiger partial charge in [0.1, 0.15) is 11.8 Å². The molecule has 0 radical (unpaired) electrons. The first-order valence-electron chi connectivity index (χ1n) is 7.46. The Labute approximate surface area is 143 Å². The molecule has 0 spiro atoms. The van der Waals surface area contributed by atoms with Gasteiger partial charge in [0.25, 0.3) is 5.91 Å². The Bertz CT molecular complexity index is 578. The number of amides is 1. The van der Waals surface area contributed by atoms with E-state index in [9.17, 15) is 18.0 Å². The molecule has 1 aliphatic rings. The molecular weight excluding hydrogens is 347 g/mol. The second-order valence-corrected chi connectivity index (χ2v) is 5.83. The molecule has 9 heteroatoms. The largest absolute Gasteiger partial charge is 0.496 e. The summed E-state index contributed by atoms with van der Waals surface area (Å²) in [6.45, 7) is 1.03. The van der Waals surface area contributed by atoms with Crippen LogP contribution in [0.4, 0.5) is 13.2 Å². The van der Waals surface area contributed by atoms with Crippen LogP contribution in [0.2, 0.25) is 5.02 Å². The standard InChI is InChI=1S/C15H19ClF3N3O2/c1-24-12-8-10(16)2-3-11(12)14(23)21-9-13(15(17,18)19)22-6-4-20-5-7-22/h2-3,8,13,20H,4-7,9H2,1H3,(H,21,23). The number of benzene rings is 1. The third-order valence-electron chi connectivity index (χ3n) is 3.83. The van der Waals surface area contributed by atoms with Crippen LogP contribution in [0.3, 0.4) is 0 Å². The van der Waals surface area contributed by atoms with Crippen LogP contribution in [0.25, 0.3) is 0 Å². The number of carbonyl (C=O) groups is 1. The van der Waals surface area contributed by atoms with Crippen LogP contribution in [-0.2, 0) is 0 Å². The van der Waals surface area contributed by atoms with Gasteiger partial charge in [-0.3, -0.25) is 9.69 Å². The van der Waals surface area contributed by atoms with Crippen molar-refractivity contribution < 1.29 is 22.7 Å². The Balaban J connectivity index is 2.07. The van der Waals surface area contributed by atoms with Crippen LogP contribution in [-0.4, -0.2) is 62.9 Å². The molecular formula is C15H19ClF3N3O2. The van der Waals surface area contributed by atoms with Gasteiger partial charge >= 0.3 is 6.18 Å². The normalized spacial score (nSPS) is 17.4. The van der Waals surface area contributed by atoms with Crippen LogP contribution >= 0.6 is 11.6 Å². The fourth-order valence-corrected chi connectivity index (χ4v) is 2.74. The lowest BCUT2D eigenvalue weighted by Gasteiger charge is -2.35. The molecule has 0 aliphatic carbocycles. The molecule has 134 valence electrons. The quantitative estimate of drug-likeness (QED) is 0.837. The summed E-state index contributed by atoms with van der Waals surface area (Å²) in [6, 6.07) is 2.62. The summed E-state index contributed by atoms with van der Waals surface area (Å²) in [5.41, 5.74) is 0.142. The first-order valence-corrected chi connectivity index (χ1v) is 7.84. The molecule has 1 heterocycles. The summed E-state index contributed by atoms with van der Waals surface area (Å²) in [7, 11) is 1.36. The monoisotopic (exact) mass is 365 g/mol. The van der Waals surface area contributed by atoms with Crippen molar-refractivity contribution >= 4 is 17.5 Å². The van der Waals surface area contributed by atoms with Crippen molar-refractivity contribution in [2.45, 2.75) is 12.2 Å². The molecule has 1 aromatic rings. The number of nitrogens with one attached hydrogen (secondary N) is 2. The molecule has 1 saturated heterocycles. The van der Waals surface area contributed by atoms with E-state index in [1.165, 1.54) is 30.2 Å². The van der Waals surface area contributed by atoms with Gasteiger partial charge in [-0.15, -0.1) is 0 Å². The van der Waals surface area contributed by atoms with Crippen LogP contribution < -0.4 is 15.4 Å². The van der Waals surface area contributed by atoms with Crippen LogP contribution in [0.5, 0.6) is 5.75 Å². The van der Waals surface area contributed by atoms with Crippen LogP contribution in [0, 0.1) is 0 Å². The summed E-state index contributed by atoms with van der Waals surface area (Å²) < 4.78 is 45.0. The van der Waals surface area contributed by atoms with E-state index in [2.05, 4.69) is 10.6 Å². The highest BCUT2D eigenvalue weighted by molar-refractivity contribution is 6.30. The Morgan fingerprint density at radius 3 is 2.67 bits per heavy atom. The van der Waals surface area contributed by atoms with Crippen molar-refractivity contribution in [1.82, 2.24) is 15.5 Å². The molecule has 24 heavy (non-hydrogen) atoms. The molecule has 0 saturated carbocycles. The van der Waals surface area contributed by atoms with Crippen molar-refractivity contribution in [3.63, 3.8) is 0 Å². The first-order chi connectivity index (χ1) is 11.3. The van der Waals surface area contributed by atoms with Gasteiger partial charge in [-0.25, -0.2) is 0 Å². The molecule has 0 bridgehead atoms. The minimum absolute atomic E-state index is 0.142. The van der Waals surface area contributed by atoms with Crippen molar-refractivity contribution in [3.8, 4) is 5.75 Å². The zero-order valence-electron chi connectivity index (χ0n) is 13.1. The zero-order valence-corrected chi connectivity index (χ0v) is 13.9. The molecule has 1 aliphatic heterocycles. The number of piperazine rings is 1. The average molecular weight is 366 g/mol. The lowest BCUT2D eigenvalue weighted by atomic mass is 10.1. The van der Waals surface area contributed by atoms with Gasteiger partial charge in [0.2, 0.25) is 0 Å². The van der Waals surface area contributed by atoms with Gasteiger partial charge in [-0.1, -0.05) is 11.6 Å². The van der Waals surface area contributed by atoms with Crippen molar-refractivity contribution in [1.29, 1.82) is 0 Å². The second-order valence-electron chi connectivity index (χ2n) is 5.40. The zero-order chi connectivity index (χ0) is 17.7. The number of methoxy groups -OCH3 is 1. The number of nitrogens with zero attached hydrogens (tertiary/aromatic N) is 1. The summed E-state index contributed by atoms with van der Waals surface area (Å²) in [6.07, 6.45) is -4.42. The molecule has 1 fully saturated rings. The molecule has 0 aromatic heterocycles. The molecule has 1 atom stereocenters. The van der Waals surface area contributed by atoms with Crippen molar-refractivity contribution in [2.24, 2.45) is 0 Å². The van der Waals surface area contributed by atoms with Crippen molar-refractivity contribution in [3.05, 3.63) is 28.8 Å². The van der Waals surface area contributed by atoms with E-state index in [0.29, 0.717) is 18.1 Å². The second kappa shape index (κ2) is 8.04. The number of hydrogen-bond donors (Lipinski definition) is 2. The molecule has 5 nitrogen and oxygen atoms in total. The third-order valence-corrected chi connectivity index (χ3v) is 4.07. The van der Waals surface area contributed by atoms with Crippen LogP contribution in [0.1, 0.15) is 10.4 Å². The molecule has 2 rings (SSSR count). The predicted molar refractivity (Wildman–Crippen MR) is 84.6 cm³/mol. The van der Waals surface area contributed by atoms with E-state index >= 15 is 0 Å². The van der Waals surface area contributed by atoms with E-state index < -0.39 is 24.7 Å². The number of ether oxygens (including phenoxy) is 1. The maximum Gasteiger partial charge on any atom is 0.405 e. The average Bonchev–Trinajstić information content (AvgIpc) is 2.54. The fraction of sp³-hybridized carbons (Fsp3) is 0.533. The predicted octanol–water partition coefficient (Wildman–Crippen LogP) is 1.91. The number of alkyl halides is 3. The molecule has 1 amide bonds. The maximum absolute atomic E-state index is 13.3. The molecule has 1 unspecified atom stereocenters. The minimum atomic E-state index is -4.42. The highest BCUT2D eigenvalue weighted by Crippen LogP contribution is 2.26. The first kappa shape index (κ1) is 18.8. The number of hydrogen-bond acceptors (Lipinski definition) is 4. The number of halogens is 4. The summed E-state index contributed by atoms with van der Waals surface area (Å²) in [4.78, 5) is 13.5. The SMILES string of the molecule is COc1cc(Cl)ccc1C(=O)NCC(N1CCNCC1)C(F)(F)F. The highest BCUT2D eigenvalue weighted by Gasteiger charge is 2.43. The van der Waals surface area contributed by atoms with Crippen LogP contribution in [0.15, 0.2) is 18.2 Å². The van der Waals surface area contributed by atoms with E-state index in [1.54, 1.807) is 0 Å². The summed E-state index contributed by atoms with van der Waals surface area (Å²) in [5, 5.41) is 5.73. The minimum Gasteiger partial charge on any atom is -0.496 e. The van der Waals surface area contributed by atoms with E-state index in [-0.39, 0.29) is 24.4 Å². The van der Waals surface area contributed by atoms with Gasteiger partial charge in [0.15, 0.2) is 0 Å². The summed E-state index contributed by atoms with van der Waals surface area (Å²) in [5.74, 6) is -0.418. The highest BCUT2D eigenvalue weighted by atomic mass is 35.5. The number of carbonyl (C=O) groups excluding carboxylic acids is 1. The van der Waals surface area contributed by atoms with E-state index in [0.717, 1.165) is 0 Å². The topological polar surface area (TPSA) is 53.6 Å². The Morgan fingerprint density at radius 1 is 1.42 bits per heavy atom. The van der Waals surface area contributed by atoms with Gasteiger partial charge in [-0.2, -0.15) is 13.2 Å². The molecule has 2 N–H and O–H groups in total. The lowest BCUT2D eigenvalue weighted by Crippen LogP contribution is -2.57.